The molecule has 0 heterocycles. The third kappa shape index (κ3) is 3.56. The second-order valence-electron chi connectivity index (χ2n) is 9.75. The van der Waals surface area contributed by atoms with Crippen LogP contribution in [-0.2, 0) is 14.3 Å². The maximum Gasteiger partial charge on any atom is 0.308 e. The van der Waals surface area contributed by atoms with E-state index in [-0.39, 0.29) is 23.9 Å². The van der Waals surface area contributed by atoms with Crippen LogP contribution in [0.15, 0.2) is 12.2 Å². The van der Waals surface area contributed by atoms with Gasteiger partial charge in [0.1, 0.15) is 5.60 Å². The summed E-state index contributed by atoms with van der Waals surface area (Å²) in [4.78, 5) is 24.5. The second kappa shape index (κ2) is 7.60. The van der Waals surface area contributed by atoms with Crippen LogP contribution in [0, 0.1) is 29.6 Å². The first-order chi connectivity index (χ1) is 13.0. The molecule has 0 aromatic carbocycles. The van der Waals surface area contributed by atoms with Crippen molar-refractivity contribution in [3.8, 4) is 0 Å². The van der Waals surface area contributed by atoms with Gasteiger partial charge in [-0.25, -0.2) is 0 Å². The topological polar surface area (TPSA) is 55.4 Å². The molecule has 0 radical (unpaired) electrons. The molecule has 0 aliphatic heterocycles. The molecule has 0 spiro atoms. The number of carbonyl (C=O) groups is 2. The van der Waals surface area contributed by atoms with Gasteiger partial charge in [-0.3, -0.25) is 9.59 Å². The Morgan fingerprint density at radius 3 is 2.11 bits per heavy atom. The van der Waals surface area contributed by atoms with Crippen LogP contribution in [-0.4, -0.2) is 24.0 Å². The van der Waals surface area contributed by atoms with Gasteiger partial charge in [-0.1, -0.05) is 25.8 Å². The summed E-state index contributed by atoms with van der Waals surface area (Å²) in [7, 11) is 0. The third-order valence-corrected chi connectivity index (χ3v) is 7.95. The highest BCUT2D eigenvalue weighted by atomic mass is 16.6. The van der Waals surface area contributed by atoms with E-state index in [1.807, 2.05) is 0 Å². The maximum atomic E-state index is 12.8. The van der Waals surface area contributed by atoms with Crippen molar-refractivity contribution in [3.05, 3.63) is 12.2 Å². The highest BCUT2D eigenvalue weighted by Crippen LogP contribution is 2.63. The Hall–Kier alpha value is -1.32. The quantitative estimate of drug-likeness (QED) is 0.555. The molecular weight excluding hydrogens is 338 g/mol. The fourth-order valence-electron chi connectivity index (χ4n) is 7.07. The lowest BCUT2D eigenvalue weighted by molar-refractivity contribution is -0.232. The smallest absolute Gasteiger partial charge is 0.308 e. The van der Waals surface area contributed by atoms with E-state index >= 15 is 0 Å². The number of amides is 1. The maximum absolute atomic E-state index is 12.8. The molecule has 5 aliphatic carbocycles. The molecule has 27 heavy (non-hydrogen) atoms. The summed E-state index contributed by atoms with van der Waals surface area (Å²) < 4.78 is 6.48. The van der Waals surface area contributed by atoms with E-state index in [2.05, 4.69) is 11.9 Å². The van der Waals surface area contributed by atoms with Crippen LogP contribution in [0.1, 0.15) is 77.6 Å². The predicted molar refractivity (Wildman–Crippen MR) is 105 cm³/mol. The van der Waals surface area contributed by atoms with Crippen LogP contribution in [0.2, 0.25) is 0 Å². The Morgan fingerprint density at radius 2 is 1.56 bits per heavy atom. The molecule has 0 atom stereocenters. The van der Waals surface area contributed by atoms with Gasteiger partial charge in [-0.05, 0) is 81.5 Å². The molecule has 0 saturated heterocycles. The van der Waals surface area contributed by atoms with Gasteiger partial charge < -0.3 is 10.1 Å². The number of carbonyl (C=O) groups excluding carboxylic acids is 2. The van der Waals surface area contributed by atoms with E-state index < -0.39 is 0 Å². The number of hydrogen-bond acceptors (Lipinski definition) is 3. The minimum atomic E-state index is -0.205. The Bertz CT molecular complexity index is 571. The monoisotopic (exact) mass is 373 g/mol. The lowest BCUT2D eigenvalue weighted by Gasteiger charge is -2.63. The lowest BCUT2D eigenvalue weighted by Crippen LogP contribution is -2.63. The lowest BCUT2D eigenvalue weighted by atomic mass is 9.46. The first kappa shape index (κ1) is 19.0. The minimum Gasteiger partial charge on any atom is -0.458 e. The van der Waals surface area contributed by atoms with Crippen LogP contribution in [0.4, 0.5) is 0 Å². The molecule has 4 nitrogen and oxygen atoms in total. The van der Waals surface area contributed by atoms with E-state index in [9.17, 15) is 9.59 Å². The standard InChI is InChI=1S/C23H35NO3/c1-15(2)22(26)24-9-8-21(25)27-23(18-6-4-3-5-7-18)19-11-16-10-17(13-19)14-20(23)12-16/h16-20H,1,3-14H2,2H3,(H,24,26). The van der Waals surface area contributed by atoms with Crippen molar-refractivity contribution in [1.29, 1.82) is 0 Å². The Kier molecular flexibility index (Phi) is 5.35. The number of hydrogen-bond donors (Lipinski definition) is 1. The van der Waals surface area contributed by atoms with E-state index in [0.29, 0.717) is 29.9 Å². The molecule has 5 aliphatic rings. The van der Waals surface area contributed by atoms with Crippen molar-refractivity contribution in [1.82, 2.24) is 5.32 Å². The molecule has 5 saturated carbocycles. The summed E-state index contributed by atoms with van der Waals surface area (Å²) in [6, 6.07) is 0. The van der Waals surface area contributed by atoms with Crippen molar-refractivity contribution >= 4 is 11.9 Å². The zero-order valence-electron chi connectivity index (χ0n) is 16.8. The number of ether oxygens (including phenoxy) is 1. The molecule has 150 valence electrons. The highest BCUT2D eigenvalue weighted by Gasteiger charge is 2.62. The van der Waals surface area contributed by atoms with Gasteiger partial charge in [0, 0.05) is 12.1 Å². The molecule has 4 bridgehead atoms. The van der Waals surface area contributed by atoms with E-state index in [1.54, 1.807) is 6.92 Å². The summed E-state index contributed by atoms with van der Waals surface area (Å²) in [6.45, 7) is 5.66. The van der Waals surface area contributed by atoms with Crippen molar-refractivity contribution in [2.75, 3.05) is 6.54 Å². The van der Waals surface area contributed by atoms with Crippen LogP contribution < -0.4 is 5.32 Å². The fraction of sp³-hybridized carbons (Fsp3) is 0.826. The first-order valence-electron chi connectivity index (χ1n) is 11.1. The average Bonchev–Trinajstić information content (AvgIpc) is 2.64. The largest absolute Gasteiger partial charge is 0.458 e. The molecule has 0 aromatic rings. The average molecular weight is 374 g/mol. The molecular formula is C23H35NO3. The molecule has 5 fully saturated rings. The molecule has 1 amide bonds. The van der Waals surface area contributed by atoms with Gasteiger partial charge in [0.25, 0.3) is 0 Å². The van der Waals surface area contributed by atoms with Crippen molar-refractivity contribution in [3.63, 3.8) is 0 Å². The van der Waals surface area contributed by atoms with Crippen LogP contribution >= 0.6 is 0 Å². The van der Waals surface area contributed by atoms with Crippen molar-refractivity contribution in [2.45, 2.75) is 83.2 Å². The van der Waals surface area contributed by atoms with E-state index in [0.717, 1.165) is 11.8 Å². The Labute approximate surface area is 163 Å². The van der Waals surface area contributed by atoms with Gasteiger partial charge in [0.15, 0.2) is 0 Å². The molecule has 0 aromatic heterocycles. The minimum absolute atomic E-state index is 0.116. The molecule has 4 heteroatoms. The van der Waals surface area contributed by atoms with E-state index in [1.165, 1.54) is 64.2 Å². The molecule has 0 unspecified atom stereocenters. The van der Waals surface area contributed by atoms with Crippen molar-refractivity contribution < 1.29 is 14.3 Å². The zero-order chi connectivity index (χ0) is 19.0. The Balaban J connectivity index is 1.47. The van der Waals surface area contributed by atoms with Gasteiger partial charge in [-0.2, -0.15) is 0 Å². The zero-order valence-corrected chi connectivity index (χ0v) is 16.8. The molecule has 1 N–H and O–H groups in total. The van der Waals surface area contributed by atoms with Gasteiger partial charge in [0.05, 0.1) is 6.42 Å². The van der Waals surface area contributed by atoms with Crippen LogP contribution in [0.5, 0.6) is 0 Å². The van der Waals surface area contributed by atoms with E-state index in [4.69, 9.17) is 4.74 Å². The van der Waals surface area contributed by atoms with Crippen LogP contribution in [0.3, 0.4) is 0 Å². The number of nitrogens with one attached hydrogen (secondary N) is 1. The fourth-order valence-corrected chi connectivity index (χ4v) is 7.07. The summed E-state index contributed by atoms with van der Waals surface area (Å²) >= 11 is 0. The van der Waals surface area contributed by atoms with Crippen LogP contribution in [0.25, 0.3) is 0 Å². The van der Waals surface area contributed by atoms with Gasteiger partial charge in [-0.15, -0.1) is 0 Å². The molecule has 5 rings (SSSR count). The predicted octanol–water partition coefficient (Wildman–Crippen LogP) is 4.39. The summed E-state index contributed by atoms with van der Waals surface area (Å²) in [6.07, 6.45) is 13.1. The summed E-state index contributed by atoms with van der Waals surface area (Å²) in [5, 5.41) is 2.77. The second-order valence-corrected chi connectivity index (χ2v) is 9.75. The summed E-state index contributed by atoms with van der Waals surface area (Å²) in [5.41, 5.74) is 0.270. The number of rotatable bonds is 6. The highest BCUT2D eigenvalue weighted by molar-refractivity contribution is 5.92. The Morgan fingerprint density at radius 1 is 0.963 bits per heavy atom. The normalized spacial score (nSPS) is 37.8. The number of esters is 1. The summed E-state index contributed by atoms with van der Waals surface area (Å²) in [5.74, 6) is 3.15. The van der Waals surface area contributed by atoms with Gasteiger partial charge >= 0.3 is 5.97 Å². The first-order valence-corrected chi connectivity index (χ1v) is 11.1. The van der Waals surface area contributed by atoms with Gasteiger partial charge in [0.2, 0.25) is 5.91 Å². The van der Waals surface area contributed by atoms with Crippen molar-refractivity contribution in [2.24, 2.45) is 29.6 Å². The SMILES string of the molecule is C=C(C)C(=O)NCCC(=O)OC1(C2CCCCC2)C2CC3CC(C2)CC1C3. The third-order valence-electron chi connectivity index (χ3n) is 7.95.